The molecule has 1 atom stereocenters. The number of alkyl halides is 3. The number of rotatable bonds is 5. The average molecular weight is 427 g/mol. The van der Waals surface area contributed by atoms with E-state index >= 15 is 0 Å². The highest BCUT2D eigenvalue weighted by atomic mass is 19.4. The van der Waals surface area contributed by atoms with Crippen LogP contribution >= 0.6 is 0 Å². The Morgan fingerprint density at radius 1 is 1.13 bits per heavy atom. The lowest BCUT2D eigenvalue weighted by Gasteiger charge is -2.25. The van der Waals surface area contributed by atoms with Gasteiger partial charge in [0.2, 0.25) is 0 Å². The molecule has 5 nitrogen and oxygen atoms in total. The van der Waals surface area contributed by atoms with Crippen LogP contribution in [0.15, 0.2) is 72.1 Å². The van der Waals surface area contributed by atoms with Gasteiger partial charge in [-0.25, -0.2) is 0 Å². The first-order valence-electron chi connectivity index (χ1n) is 9.70. The quantitative estimate of drug-likeness (QED) is 0.616. The van der Waals surface area contributed by atoms with Gasteiger partial charge in [0.1, 0.15) is 12.4 Å². The molecule has 3 aromatic rings. The average Bonchev–Trinajstić information content (AvgIpc) is 2.76. The van der Waals surface area contributed by atoms with Gasteiger partial charge in [-0.15, -0.1) is 0 Å². The monoisotopic (exact) mass is 427 g/mol. The summed E-state index contributed by atoms with van der Waals surface area (Å²) >= 11 is 0. The van der Waals surface area contributed by atoms with Crippen LogP contribution in [0.25, 0.3) is 0 Å². The number of aromatic nitrogens is 1. The van der Waals surface area contributed by atoms with Gasteiger partial charge < -0.3 is 14.9 Å². The highest BCUT2D eigenvalue weighted by molar-refractivity contribution is 6.01. The Morgan fingerprint density at radius 2 is 1.94 bits per heavy atom. The molecule has 1 N–H and O–H groups in total. The molecule has 8 heteroatoms. The minimum atomic E-state index is -4.46. The van der Waals surface area contributed by atoms with Gasteiger partial charge >= 0.3 is 6.18 Å². The third kappa shape index (κ3) is 5.14. The van der Waals surface area contributed by atoms with E-state index in [9.17, 15) is 13.2 Å². The number of nitrogens with zero attached hydrogens (tertiary/aromatic N) is 2. The smallest absolute Gasteiger partial charge is 0.416 e. The maximum Gasteiger partial charge on any atom is 0.416 e. The molecular formula is C23H20F3N3O2. The molecule has 0 bridgehead atoms. The lowest BCUT2D eigenvalue weighted by molar-refractivity contribution is -0.137. The van der Waals surface area contributed by atoms with Crippen LogP contribution < -0.4 is 10.1 Å². The van der Waals surface area contributed by atoms with Gasteiger partial charge in [-0.2, -0.15) is 13.2 Å². The zero-order valence-corrected chi connectivity index (χ0v) is 16.7. The molecule has 0 radical (unpaired) electrons. The van der Waals surface area contributed by atoms with E-state index in [-0.39, 0.29) is 17.5 Å². The predicted molar refractivity (Wildman–Crippen MR) is 110 cm³/mol. The Balaban J connectivity index is 1.53. The lowest BCUT2D eigenvalue weighted by atomic mass is 10.0. The first kappa shape index (κ1) is 20.7. The minimum absolute atomic E-state index is 0.0234. The molecule has 2 heterocycles. The molecule has 160 valence electrons. The zero-order chi connectivity index (χ0) is 21.8. The van der Waals surface area contributed by atoms with Crippen molar-refractivity contribution in [2.24, 2.45) is 5.16 Å². The van der Waals surface area contributed by atoms with Gasteiger partial charge in [0, 0.05) is 6.20 Å². The van der Waals surface area contributed by atoms with Crippen LogP contribution in [0, 0.1) is 6.92 Å². The summed E-state index contributed by atoms with van der Waals surface area (Å²) in [7, 11) is 0. The Labute approximate surface area is 177 Å². The van der Waals surface area contributed by atoms with E-state index in [0.29, 0.717) is 18.0 Å². The van der Waals surface area contributed by atoms with E-state index in [1.54, 1.807) is 12.3 Å². The molecule has 0 unspecified atom stereocenters. The van der Waals surface area contributed by atoms with Crippen molar-refractivity contribution in [3.05, 3.63) is 89.2 Å². The summed E-state index contributed by atoms with van der Waals surface area (Å²) in [5, 5.41) is 7.41. The zero-order valence-electron chi connectivity index (χ0n) is 16.7. The highest BCUT2D eigenvalue weighted by Gasteiger charge is 2.31. The van der Waals surface area contributed by atoms with Crippen LogP contribution in [-0.2, 0) is 17.4 Å². The summed E-state index contributed by atoms with van der Waals surface area (Å²) < 4.78 is 44.7. The van der Waals surface area contributed by atoms with Crippen LogP contribution in [0.2, 0.25) is 0 Å². The second-order valence-corrected chi connectivity index (χ2v) is 7.27. The SMILES string of the molecule is Cc1ccc(C[C@@H]2CON=C(c3ccncc3Oc3cccc(C(F)(F)F)c3)N2)cc1. The first-order valence-corrected chi connectivity index (χ1v) is 9.70. The number of amidine groups is 1. The molecule has 0 saturated heterocycles. The number of nitrogens with one attached hydrogen (secondary N) is 1. The van der Waals surface area contributed by atoms with E-state index in [1.165, 1.54) is 23.9 Å². The standard InChI is InChI=1S/C23H20F3N3O2/c1-15-5-7-16(8-6-15)11-18-14-30-29-22(28-18)20-9-10-27-13-21(20)31-19-4-2-3-17(12-19)23(24,25)26/h2-10,12-13,18H,11,14H2,1H3,(H,28,29)/t18-/m1/s1. The molecule has 0 amide bonds. The van der Waals surface area contributed by atoms with E-state index in [0.717, 1.165) is 24.1 Å². The first-order chi connectivity index (χ1) is 14.9. The molecule has 4 rings (SSSR count). The van der Waals surface area contributed by atoms with Crippen molar-refractivity contribution in [2.45, 2.75) is 25.6 Å². The molecule has 1 aliphatic heterocycles. The van der Waals surface area contributed by atoms with Crippen molar-refractivity contribution in [3.63, 3.8) is 0 Å². The fraction of sp³-hybridized carbons (Fsp3) is 0.217. The summed E-state index contributed by atoms with van der Waals surface area (Å²) in [6.45, 7) is 2.43. The van der Waals surface area contributed by atoms with Crippen LogP contribution in [0.5, 0.6) is 11.5 Å². The van der Waals surface area contributed by atoms with Gasteiger partial charge in [-0.05, 0) is 43.2 Å². The fourth-order valence-corrected chi connectivity index (χ4v) is 3.22. The van der Waals surface area contributed by atoms with Crippen molar-refractivity contribution in [3.8, 4) is 11.5 Å². The van der Waals surface area contributed by atoms with Crippen LogP contribution in [0.1, 0.15) is 22.3 Å². The Hall–Kier alpha value is -3.55. The Bertz CT molecular complexity index is 1080. The normalized spacial score (nSPS) is 16.1. The molecule has 31 heavy (non-hydrogen) atoms. The number of oxime groups is 1. The molecule has 0 spiro atoms. The number of aryl methyl sites for hydroxylation is 1. The van der Waals surface area contributed by atoms with E-state index in [4.69, 9.17) is 9.57 Å². The van der Waals surface area contributed by atoms with Gasteiger partial charge in [0.05, 0.1) is 23.4 Å². The van der Waals surface area contributed by atoms with E-state index < -0.39 is 11.7 Å². The number of benzene rings is 2. The molecule has 0 saturated carbocycles. The van der Waals surface area contributed by atoms with Crippen LogP contribution in [0.4, 0.5) is 13.2 Å². The van der Waals surface area contributed by atoms with Crippen molar-refractivity contribution in [1.29, 1.82) is 0 Å². The summed E-state index contributed by atoms with van der Waals surface area (Å²) in [5.41, 5.74) is 2.10. The van der Waals surface area contributed by atoms with Gasteiger partial charge in [0.25, 0.3) is 0 Å². The Kier molecular flexibility index (Phi) is 5.79. The second kappa shape index (κ2) is 8.67. The van der Waals surface area contributed by atoms with E-state index in [1.807, 2.05) is 6.92 Å². The highest BCUT2D eigenvalue weighted by Crippen LogP contribution is 2.33. The summed E-state index contributed by atoms with van der Waals surface area (Å²) in [4.78, 5) is 9.45. The number of pyridine rings is 1. The fourth-order valence-electron chi connectivity index (χ4n) is 3.22. The van der Waals surface area contributed by atoms with Crippen LogP contribution in [0.3, 0.4) is 0 Å². The molecular weight excluding hydrogens is 407 g/mol. The van der Waals surface area contributed by atoms with Crippen molar-refractivity contribution >= 4 is 5.84 Å². The Morgan fingerprint density at radius 3 is 2.71 bits per heavy atom. The minimum Gasteiger partial charge on any atom is -0.455 e. The van der Waals surface area contributed by atoms with Gasteiger partial charge in [-0.1, -0.05) is 41.1 Å². The van der Waals surface area contributed by atoms with Gasteiger partial charge in [0.15, 0.2) is 11.6 Å². The van der Waals surface area contributed by atoms with E-state index in [2.05, 4.69) is 39.7 Å². The van der Waals surface area contributed by atoms with Crippen molar-refractivity contribution in [1.82, 2.24) is 10.3 Å². The summed E-state index contributed by atoms with van der Waals surface area (Å²) in [5.74, 6) is 0.762. The maximum absolute atomic E-state index is 13.0. The summed E-state index contributed by atoms with van der Waals surface area (Å²) in [6.07, 6.45) is -0.733. The lowest BCUT2D eigenvalue weighted by Crippen LogP contribution is -2.43. The molecule has 1 aromatic heterocycles. The number of halogens is 3. The predicted octanol–water partition coefficient (Wildman–Crippen LogP) is 5.09. The molecule has 1 aliphatic rings. The topological polar surface area (TPSA) is 55.7 Å². The number of hydrogen-bond donors (Lipinski definition) is 1. The number of hydrogen-bond acceptors (Lipinski definition) is 5. The third-order valence-electron chi connectivity index (χ3n) is 4.80. The molecule has 2 aromatic carbocycles. The van der Waals surface area contributed by atoms with Crippen molar-refractivity contribution < 1.29 is 22.7 Å². The molecule has 0 fully saturated rings. The number of ether oxygens (including phenoxy) is 1. The summed E-state index contributed by atoms with van der Waals surface area (Å²) in [6, 6.07) is 14.6. The third-order valence-corrected chi connectivity index (χ3v) is 4.80. The maximum atomic E-state index is 13.0. The molecule has 0 aliphatic carbocycles. The van der Waals surface area contributed by atoms with Crippen LogP contribution in [-0.4, -0.2) is 23.5 Å². The van der Waals surface area contributed by atoms with Crippen molar-refractivity contribution in [2.75, 3.05) is 6.61 Å². The van der Waals surface area contributed by atoms with Gasteiger partial charge in [-0.3, -0.25) is 4.98 Å². The second-order valence-electron chi connectivity index (χ2n) is 7.27. The largest absolute Gasteiger partial charge is 0.455 e.